The molecule has 6 nitrogen and oxygen atoms in total. The van der Waals surface area contributed by atoms with Crippen molar-refractivity contribution in [1.82, 2.24) is 5.32 Å². The summed E-state index contributed by atoms with van der Waals surface area (Å²) >= 11 is 5.92. The third kappa shape index (κ3) is 6.93. The molecule has 1 fully saturated rings. The van der Waals surface area contributed by atoms with Crippen molar-refractivity contribution in [1.29, 1.82) is 0 Å². The smallest absolute Gasteiger partial charge is 0.251 e. The van der Waals surface area contributed by atoms with Crippen molar-refractivity contribution < 1.29 is 14.4 Å². The fourth-order valence-corrected chi connectivity index (χ4v) is 4.31. The topological polar surface area (TPSA) is 78.5 Å². The van der Waals surface area contributed by atoms with Gasteiger partial charge in [-0.1, -0.05) is 41.9 Å². The van der Waals surface area contributed by atoms with Crippen LogP contribution in [0.4, 0.5) is 11.4 Å². The number of hydrogen-bond donors (Lipinski definition) is 2. The van der Waals surface area contributed by atoms with Crippen LogP contribution in [0.3, 0.4) is 0 Å². The van der Waals surface area contributed by atoms with Crippen LogP contribution in [0.15, 0.2) is 78.9 Å². The molecule has 1 atom stereocenters. The van der Waals surface area contributed by atoms with Gasteiger partial charge in [-0.05, 0) is 73.4 Å². The Labute approximate surface area is 210 Å². The zero-order chi connectivity index (χ0) is 24.6. The minimum absolute atomic E-state index is 0.114. The summed E-state index contributed by atoms with van der Waals surface area (Å²) in [4.78, 5) is 39.7. The first-order valence-electron chi connectivity index (χ1n) is 11.8. The second-order valence-electron chi connectivity index (χ2n) is 8.67. The Hall–Kier alpha value is -3.64. The van der Waals surface area contributed by atoms with E-state index in [1.54, 1.807) is 53.4 Å². The lowest BCUT2D eigenvalue weighted by molar-refractivity contribution is -0.119. The molecule has 0 bridgehead atoms. The van der Waals surface area contributed by atoms with E-state index < -0.39 is 6.04 Å². The quantitative estimate of drug-likeness (QED) is 0.455. The summed E-state index contributed by atoms with van der Waals surface area (Å²) < 4.78 is 0. The Morgan fingerprint density at radius 2 is 1.63 bits per heavy atom. The third-order valence-electron chi connectivity index (χ3n) is 5.98. The van der Waals surface area contributed by atoms with Gasteiger partial charge in [0.2, 0.25) is 11.8 Å². The maximum Gasteiger partial charge on any atom is 0.251 e. The lowest BCUT2D eigenvalue weighted by Gasteiger charge is -2.27. The number of hydrogen-bond acceptors (Lipinski definition) is 3. The zero-order valence-corrected chi connectivity index (χ0v) is 20.1. The highest BCUT2D eigenvalue weighted by molar-refractivity contribution is 6.30. The molecule has 1 unspecified atom stereocenters. The molecule has 7 heteroatoms. The first kappa shape index (κ1) is 24.5. The first-order chi connectivity index (χ1) is 17.0. The van der Waals surface area contributed by atoms with Crippen LogP contribution in [0.5, 0.6) is 0 Å². The molecule has 1 heterocycles. The Kier molecular flexibility index (Phi) is 8.16. The molecule has 0 saturated carbocycles. The molecule has 1 saturated heterocycles. The van der Waals surface area contributed by atoms with Crippen molar-refractivity contribution in [3.8, 4) is 0 Å². The summed E-state index contributed by atoms with van der Waals surface area (Å²) in [6.07, 6.45) is 3.09. The number of carbonyl (C=O) groups excluding carboxylic acids is 3. The summed E-state index contributed by atoms with van der Waals surface area (Å²) in [6, 6.07) is 23.3. The first-order valence-corrected chi connectivity index (χ1v) is 12.2. The maximum absolute atomic E-state index is 13.0. The van der Waals surface area contributed by atoms with Gasteiger partial charge < -0.3 is 15.5 Å². The van der Waals surface area contributed by atoms with Crippen molar-refractivity contribution in [2.75, 3.05) is 16.8 Å². The zero-order valence-electron chi connectivity index (χ0n) is 19.4. The average Bonchev–Trinajstić information content (AvgIpc) is 2.86. The van der Waals surface area contributed by atoms with Crippen LogP contribution in [0, 0.1) is 0 Å². The fraction of sp³-hybridized carbons (Fsp3) is 0.250. The van der Waals surface area contributed by atoms with E-state index in [2.05, 4.69) is 10.6 Å². The SMILES string of the molecule is O=C(CC(Cc1ccccc1)NC(=O)c1ccc(N2CCCCC2=O)cc1)Nc1ccc(Cl)cc1. The predicted octanol–water partition coefficient (Wildman–Crippen LogP) is 5.23. The molecule has 0 aromatic heterocycles. The largest absolute Gasteiger partial charge is 0.348 e. The van der Waals surface area contributed by atoms with Gasteiger partial charge in [0.05, 0.1) is 0 Å². The number of anilines is 2. The van der Waals surface area contributed by atoms with E-state index >= 15 is 0 Å². The Morgan fingerprint density at radius 3 is 2.31 bits per heavy atom. The number of piperidine rings is 1. The molecule has 4 rings (SSSR count). The molecule has 2 N–H and O–H groups in total. The molecule has 1 aliphatic rings. The van der Waals surface area contributed by atoms with Gasteiger partial charge >= 0.3 is 0 Å². The molecule has 180 valence electrons. The van der Waals surface area contributed by atoms with Crippen molar-refractivity contribution in [3.05, 3.63) is 95.0 Å². The summed E-state index contributed by atoms with van der Waals surface area (Å²) in [5.74, 6) is -0.350. The average molecular weight is 490 g/mol. The number of nitrogens with zero attached hydrogens (tertiary/aromatic N) is 1. The summed E-state index contributed by atoms with van der Waals surface area (Å²) in [5, 5.41) is 6.46. The van der Waals surface area contributed by atoms with Crippen LogP contribution in [-0.4, -0.2) is 30.3 Å². The van der Waals surface area contributed by atoms with E-state index in [4.69, 9.17) is 11.6 Å². The van der Waals surface area contributed by atoms with E-state index in [1.807, 2.05) is 30.3 Å². The molecular weight excluding hydrogens is 462 g/mol. The van der Waals surface area contributed by atoms with Crippen molar-refractivity contribution in [2.24, 2.45) is 0 Å². The van der Waals surface area contributed by atoms with Crippen LogP contribution >= 0.6 is 11.6 Å². The second kappa shape index (κ2) is 11.7. The van der Waals surface area contributed by atoms with Gasteiger partial charge in [0, 0.05) is 47.4 Å². The lowest BCUT2D eigenvalue weighted by Crippen LogP contribution is -2.39. The van der Waals surface area contributed by atoms with Crippen LogP contribution in [0.1, 0.15) is 41.6 Å². The van der Waals surface area contributed by atoms with Gasteiger partial charge in [0.1, 0.15) is 0 Å². The second-order valence-corrected chi connectivity index (χ2v) is 9.11. The standard InChI is InChI=1S/C28H28ClN3O3/c29-22-11-13-23(14-12-22)30-26(33)19-24(18-20-6-2-1-3-7-20)31-28(35)21-9-15-25(16-10-21)32-17-5-4-8-27(32)34/h1-3,6-7,9-16,24H,4-5,8,17-19H2,(H,30,33)(H,31,35). The predicted molar refractivity (Wildman–Crippen MR) is 139 cm³/mol. The Morgan fingerprint density at radius 1 is 0.914 bits per heavy atom. The minimum atomic E-state index is -0.402. The number of amides is 3. The van der Waals surface area contributed by atoms with Gasteiger partial charge in [-0.25, -0.2) is 0 Å². The van der Waals surface area contributed by atoms with Crippen LogP contribution < -0.4 is 15.5 Å². The van der Waals surface area contributed by atoms with Gasteiger partial charge in [-0.2, -0.15) is 0 Å². The van der Waals surface area contributed by atoms with E-state index in [9.17, 15) is 14.4 Å². The number of halogens is 1. The van der Waals surface area contributed by atoms with Crippen LogP contribution in [0.2, 0.25) is 5.02 Å². The van der Waals surface area contributed by atoms with Gasteiger partial charge in [-0.3, -0.25) is 14.4 Å². The molecule has 1 aliphatic heterocycles. The molecule has 35 heavy (non-hydrogen) atoms. The normalized spacial score (nSPS) is 14.3. The highest BCUT2D eigenvalue weighted by atomic mass is 35.5. The third-order valence-corrected chi connectivity index (χ3v) is 6.24. The maximum atomic E-state index is 13.0. The van der Waals surface area contributed by atoms with Gasteiger partial charge in [0.25, 0.3) is 5.91 Å². The number of nitrogens with one attached hydrogen (secondary N) is 2. The minimum Gasteiger partial charge on any atom is -0.348 e. The van der Waals surface area contributed by atoms with E-state index in [-0.39, 0.29) is 24.1 Å². The van der Waals surface area contributed by atoms with E-state index in [0.717, 1.165) is 24.1 Å². The highest BCUT2D eigenvalue weighted by Crippen LogP contribution is 2.21. The molecule has 3 amide bonds. The van der Waals surface area contributed by atoms with Crippen LogP contribution in [-0.2, 0) is 16.0 Å². The number of rotatable bonds is 8. The summed E-state index contributed by atoms with van der Waals surface area (Å²) in [7, 11) is 0. The molecule has 0 radical (unpaired) electrons. The Bertz CT molecular complexity index is 1160. The molecule has 0 spiro atoms. The number of benzene rings is 3. The molecule has 0 aliphatic carbocycles. The summed E-state index contributed by atoms with van der Waals surface area (Å²) in [5.41, 5.74) is 2.95. The van der Waals surface area contributed by atoms with Gasteiger partial charge in [0.15, 0.2) is 0 Å². The van der Waals surface area contributed by atoms with Crippen molar-refractivity contribution in [3.63, 3.8) is 0 Å². The molecule has 3 aromatic carbocycles. The van der Waals surface area contributed by atoms with Crippen LogP contribution in [0.25, 0.3) is 0 Å². The van der Waals surface area contributed by atoms with Gasteiger partial charge in [-0.15, -0.1) is 0 Å². The van der Waals surface area contributed by atoms with E-state index in [0.29, 0.717) is 35.7 Å². The van der Waals surface area contributed by atoms with Crippen molar-refractivity contribution >= 4 is 40.7 Å². The van der Waals surface area contributed by atoms with E-state index in [1.165, 1.54) is 0 Å². The number of carbonyl (C=O) groups is 3. The lowest BCUT2D eigenvalue weighted by atomic mass is 10.0. The Balaban J connectivity index is 1.43. The molecular formula is C28H28ClN3O3. The monoisotopic (exact) mass is 489 g/mol. The fourth-order valence-electron chi connectivity index (χ4n) is 4.18. The summed E-state index contributed by atoms with van der Waals surface area (Å²) in [6.45, 7) is 0.701. The van der Waals surface area contributed by atoms with Crippen molar-refractivity contribution in [2.45, 2.75) is 38.1 Å². The molecule has 3 aromatic rings. The highest BCUT2D eigenvalue weighted by Gasteiger charge is 2.21.